The van der Waals surface area contributed by atoms with Crippen LogP contribution in [0.2, 0.25) is 0 Å². The Balaban J connectivity index is 0.00000484. The molecule has 0 aliphatic rings. The van der Waals surface area contributed by atoms with Crippen LogP contribution in [0.3, 0.4) is 0 Å². The van der Waals surface area contributed by atoms with E-state index in [-0.39, 0.29) is 24.9 Å². The predicted octanol–water partition coefficient (Wildman–Crippen LogP) is 1.99. The molecule has 0 heterocycles. The largest absolute Gasteiger partial charge is 0.494 e. The van der Waals surface area contributed by atoms with Crippen molar-refractivity contribution in [3.8, 4) is 5.75 Å². The van der Waals surface area contributed by atoms with Gasteiger partial charge in [-0.25, -0.2) is 0 Å². The number of nitrogens with zero attached hydrogens (tertiary/aromatic N) is 1. The molecule has 0 fully saturated rings. The summed E-state index contributed by atoms with van der Waals surface area (Å²) < 4.78 is 5.52. The van der Waals surface area contributed by atoms with Crippen molar-refractivity contribution in [2.75, 3.05) is 18.5 Å². The summed E-state index contributed by atoms with van der Waals surface area (Å²) in [6.45, 7) is 5.62. The number of rotatable bonds is 8. The average Bonchev–Trinajstić information content (AvgIpc) is 2.41. The molecule has 0 aromatic heterocycles. The maximum absolute atomic E-state index is 11.7. The number of halogens is 1. The summed E-state index contributed by atoms with van der Waals surface area (Å²) in [5, 5.41) is 11.9. The molecule has 1 atom stereocenters. The lowest BCUT2D eigenvalue weighted by Gasteiger charge is -2.15. The van der Waals surface area contributed by atoms with E-state index in [1.165, 1.54) is 0 Å². The van der Waals surface area contributed by atoms with Gasteiger partial charge in [0, 0.05) is 12.1 Å². The zero-order valence-corrected chi connectivity index (χ0v) is 14.1. The highest BCUT2D eigenvalue weighted by Crippen LogP contribution is 2.26. The summed E-state index contributed by atoms with van der Waals surface area (Å²) in [5.74, 6) is 0.381. The number of hydrogen-bond acceptors (Lipinski definition) is 6. The molecule has 1 unspecified atom stereocenters. The minimum absolute atomic E-state index is 0. The summed E-state index contributed by atoms with van der Waals surface area (Å²) in [6.07, 6.45) is 0.405. The molecule has 0 bridgehead atoms. The molecule has 130 valence electrons. The van der Waals surface area contributed by atoms with Gasteiger partial charge in [-0.05, 0) is 44.0 Å². The van der Waals surface area contributed by atoms with Crippen LogP contribution in [0.1, 0.15) is 24.5 Å². The molecule has 0 aliphatic carbocycles. The van der Waals surface area contributed by atoms with Gasteiger partial charge in [-0.2, -0.15) is 0 Å². The molecule has 0 saturated heterocycles. The van der Waals surface area contributed by atoms with E-state index in [1.807, 2.05) is 13.8 Å². The SMILES string of the molecule is Cc1cc(OCCCO[N+](=O)[O-])cc(C)c1NC(=O)C(C)N.Cl. The maximum atomic E-state index is 11.7. The average molecular weight is 348 g/mol. The zero-order valence-electron chi connectivity index (χ0n) is 13.3. The fraction of sp³-hybridized carbons (Fsp3) is 0.500. The number of ether oxygens (including phenoxy) is 1. The van der Waals surface area contributed by atoms with Gasteiger partial charge in [-0.3, -0.25) is 4.79 Å². The Bertz CT molecular complexity index is 528. The van der Waals surface area contributed by atoms with E-state index in [0.717, 1.165) is 11.1 Å². The van der Waals surface area contributed by atoms with Gasteiger partial charge >= 0.3 is 0 Å². The van der Waals surface area contributed by atoms with Gasteiger partial charge < -0.3 is 20.6 Å². The minimum atomic E-state index is -0.829. The van der Waals surface area contributed by atoms with Crippen molar-refractivity contribution in [2.45, 2.75) is 33.2 Å². The number of aryl methyl sites for hydroxylation is 2. The highest BCUT2D eigenvalue weighted by molar-refractivity contribution is 5.95. The lowest BCUT2D eigenvalue weighted by atomic mass is 10.1. The van der Waals surface area contributed by atoms with Crippen molar-refractivity contribution < 1.29 is 19.5 Å². The molecule has 1 aromatic rings. The molecule has 0 saturated carbocycles. The van der Waals surface area contributed by atoms with Gasteiger partial charge in [0.2, 0.25) is 5.91 Å². The molecule has 3 N–H and O–H groups in total. The van der Waals surface area contributed by atoms with E-state index < -0.39 is 11.1 Å². The zero-order chi connectivity index (χ0) is 16.7. The second-order valence-electron chi connectivity index (χ2n) is 4.97. The van der Waals surface area contributed by atoms with Crippen LogP contribution in [-0.2, 0) is 9.63 Å². The maximum Gasteiger partial charge on any atom is 0.294 e. The fourth-order valence-electron chi connectivity index (χ4n) is 1.83. The van der Waals surface area contributed by atoms with Crippen molar-refractivity contribution in [2.24, 2.45) is 5.73 Å². The molecule has 23 heavy (non-hydrogen) atoms. The first-order valence-corrected chi connectivity index (χ1v) is 6.89. The van der Waals surface area contributed by atoms with Crippen LogP contribution in [0.25, 0.3) is 0 Å². The monoisotopic (exact) mass is 347 g/mol. The lowest BCUT2D eigenvalue weighted by Crippen LogP contribution is -2.32. The number of carbonyl (C=O) groups excluding carboxylic acids is 1. The van der Waals surface area contributed by atoms with Gasteiger partial charge in [0.15, 0.2) is 0 Å². The molecule has 9 heteroatoms. The summed E-state index contributed by atoms with van der Waals surface area (Å²) in [5.41, 5.74) is 7.95. The Morgan fingerprint density at radius 3 is 2.39 bits per heavy atom. The van der Waals surface area contributed by atoms with Crippen molar-refractivity contribution in [3.05, 3.63) is 33.4 Å². The van der Waals surface area contributed by atoms with Gasteiger partial charge in [0.1, 0.15) is 5.75 Å². The molecule has 0 aliphatic heterocycles. The third-order valence-electron chi connectivity index (χ3n) is 2.92. The van der Waals surface area contributed by atoms with E-state index in [0.29, 0.717) is 24.5 Å². The predicted molar refractivity (Wildman–Crippen MR) is 88.5 cm³/mol. The Morgan fingerprint density at radius 1 is 1.35 bits per heavy atom. The number of carbonyl (C=O) groups is 1. The number of amides is 1. The number of hydrogen-bond donors (Lipinski definition) is 2. The molecule has 0 radical (unpaired) electrons. The van der Waals surface area contributed by atoms with Crippen LogP contribution in [0.5, 0.6) is 5.75 Å². The molecule has 1 amide bonds. The molecule has 1 rings (SSSR count). The Morgan fingerprint density at radius 2 is 1.91 bits per heavy atom. The molecule has 0 spiro atoms. The topological polar surface area (TPSA) is 117 Å². The van der Waals surface area contributed by atoms with Crippen molar-refractivity contribution >= 4 is 24.0 Å². The van der Waals surface area contributed by atoms with Crippen molar-refractivity contribution in [1.82, 2.24) is 0 Å². The number of benzene rings is 1. The first-order valence-electron chi connectivity index (χ1n) is 6.89. The second-order valence-corrected chi connectivity index (χ2v) is 4.97. The number of nitrogens with two attached hydrogens (primary N) is 1. The fourth-order valence-corrected chi connectivity index (χ4v) is 1.83. The van der Waals surface area contributed by atoms with Crippen molar-refractivity contribution in [1.29, 1.82) is 0 Å². The highest BCUT2D eigenvalue weighted by atomic mass is 35.5. The van der Waals surface area contributed by atoms with Gasteiger partial charge in [-0.15, -0.1) is 22.5 Å². The smallest absolute Gasteiger partial charge is 0.294 e. The van der Waals surface area contributed by atoms with Crippen molar-refractivity contribution in [3.63, 3.8) is 0 Å². The van der Waals surface area contributed by atoms with Crippen LogP contribution < -0.4 is 15.8 Å². The number of anilines is 1. The Hall–Kier alpha value is -2.06. The summed E-state index contributed by atoms with van der Waals surface area (Å²) in [6, 6.07) is 2.99. The van der Waals surface area contributed by atoms with Crippen LogP contribution in [-0.4, -0.2) is 30.2 Å². The van der Waals surface area contributed by atoms with Crippen LogP contribution in [0, 0.1) is 24.0 Å². The second kappa shape index (κ2) is 9.86. The van der Waals surface area contributed by atoms with Gasteiger partial charge in [-0.1, -0.05) is 0 Å². The molecule has 1 aromatic carbocycles. The normalized spacial score (nSPS) is 11.1. The Kier molecular flexibility index (Phi) is 8.97. The molecule has 8 nitrogen and oxygen atoms in total. The van der Waals surface area contributed by atoms with Gasteiger partial charge in [0.05, 0.1) is 19.3 Å². The van der Waals surface area contributed by atoms with E-state index in [2.05, 4.69) is 10.2 Å². The van der Waals surface area contributed by atoms with Crippen LogP contribution in [0.4, 0.5) is 5.69 Å². The summed E-state index contributed by atoms with van der Waals surface area (Å²) in [7, 11) is 0. The minimum Gasteiger partial charge on any atom is -0.494 e. The van der Waals surface area contributed by atoms with E-state index in [9.17, 15) is 14.9 Å². The summed E-state index contributed by atoms with van der Waals surface area (Å²) >= 11 is 0. The van der Waals surface area contributed by atoms with Crippen LogP contribution in [0.15, 0.2) is 12.1 Å². The highest BCUT2D eigenvalue weighted by Gasteiger charge is 2.12. The van der Waals surface area contributed by atoms with Gasteiger partial charge in [0.25, 0.3) is 5.09 Å². The quantitative estimate of drug-likeness (QED) is 0.422. The number of nitrogens with one attached hydrogen (secondary N) is 1. The molecular weight excluding hydrogens is 326 g/mol. The van der Waals surface area contributed by atoms with E-state index in [1.54, 1.807) is 19.1 Å². The third kappa shape index (κ3) is 7.16. The van der Waals surface area contributed by atoms with Crippen LogP contribution >= 0.6 is 12.4 Å². The standard InChI is InChI=1S/C14H21N3O5.ClH/c1-9-7-12(21-5-4-6-22-17(19)20)8-10(2)13(9)16-14(18)11(3)15;/h7-8,11H,4-6,15H2,1-3H3,(H,16,18);1H. The lowest BCUT2D eigenvalue weighted by molar-refractivity contribution is -0.757. The van der Waals surface area contributed by atoms with E-state index >= 15 is 0 Å². The summed E-state index contributed by atoms with van der Waals surface area (Å²) in [4.78, 5) is 25.9. The third-order valence-corrected chi connectivity index (χ3v) is 2.92. The Labute approximate surface area is 140 Å². The molecular formula is C14H22ClN3O5. The van der Waals surface area contributed by atoms with E-state index in [4.69, 9.17) is 10.5 Å². The first kappa shape index (κ1) is 20.9. The first-order chi connectivity index (χ1) is 10.3.